The lowest BCUT2D eigenvalue weighted by molar-refractivity contribution is -0.0136. The second-order valence-electron chi connectivity index (χ2n) is 10.0. The third-order valence-corrected chi connectivity index (χ3v) is 9.31. The highest BCUT2D eigenvalue weighted by Gasteiger charge is 2.47. The van der Waals surface area contributed by atoms with Gasteiger partial charge in [0, 0.05) is 25.7 Å². The maximum atomic E-state index is 12.6. The zero-order valence-corrected chi connectivity index (χ0v) is 21.0. The Balaban J connectivity index is 0.00000320. The molecule has 0 aromatic rings. The van der Waals surface area contributed by atoms with Gasteiger partial charge in [-0.05, 0) is 96.3 Å². The smallest absolute Gasteiger partial charge is 0.214 e. The molecule has 0 aromatic carbocycles. The number of hydrogen-bond donors (Lipinski definition) is 1. The van der Waals surface area contributed by atoms with Crippen molar-refractivity contribution in [3.63, 3.8) is 0 Å². The fraction of sp³-hybridized carbons (Fsp3) is 0.833. The molecule has 30 heavy (non-hydrogen) atoms. The molecular weight excluding hydrogens is 416 g/mol. The van der Waals surface area contributed by atoms with Gasteiger partial charge >= 0.3 is 0 Å². The molecule has 4 rings (SSSR count). The van der Waals surface area contributed by atoms with Crippen LogP contribution in [0, 0.1) is 23.7 Å². The van der Waals surface area contributed by atoms with Gasteiger partial charge in [-0.25, -0.2) is 8.42 Å². The van der Waals surface area contributed by atoms with Crippen molar-refractivity contribution in [2.24, 2.45) is 23.7 Å². The predicted molar refractivity (Wildman–Crippen MR) is 130 cm³/mol. The van der Waals surface area contributed by atoms with E-state index in [4.69, 9.17) is 0 Å². The van der Waals surface area contributed by atoms with Crippen molar-refractivity contribution in [1.82, 2.24) is 9.62 Å². The summed E-state index contributed by atoms with van der Waals surface area (Å²) in [6.07, 6.45) is 13.4. The van der Waals surface area contributed by atoms with Crippen LogP contribution in [0.5, 0.6) is 0 Å². The fourth-order valence-electron chi connectivity index (χ4n) is 6.09. The van der Waals surface area contributed by atoms with Crippen molar-refractivity contribution >= 4 is 22.4 Å². The molecular formula is C24H43ClN2O2S. The Kier molecular flexibility index (Phi) is 9.92. The van der Waals surface area contributed by atoms with E-state index >= 15 is 0 Å². The minimum absolute atomic E-state index is 0. The van der Waals surface area contributed by atoms with Crippen LogP contribution in [-0.2, 0) is 10.0 Å². The van der Waals surface area contributed by atoms with Crippen LogP contribution in [0.2, 0.25) is 0 Å². The highest BCUT2D eigenvalue weighted by atomic mass is 35.5. The summed E-state index contributed by atoms with van der Waals surface area (Å²) in [6, 6.07) is 0.621. The first kappa shape index (κ1) is 25.9. The number of nitrogens with zero attached hydrogens (tertiary/aromatic N) is 1. The lowest BCUT2D eigenvalue weighted by atomic mass is 9.54. The minimum Gasteiger partial charge on any atom is -0.312 e. The van der Waals surface area contributed by atoms with E-state index < -0.39 is 10.0 Å². The van der Waals surface area contributed by atoms with Gasteiger partial charge in [0.2, 0.25) is 10.0 Å². The van der Waals surface area contributed by atoms with Crippen LogP contribution in [0.3, 0.4) is 0 Å². The second kappa shape index (κ2) is 11.5. The van der Waals surface area contributed by atoms with Crippen molar-refractivity contribution in [2.45, 2.75) is 78.7 Å². The third-order valence-electron chi connectivity index (χ3n) is 7.46. The molecule has 1 N–H and O–H groups in total. The SMILES string of the molecule is CCS(=O)(=O)N(C/C=C(\C)CCC=C(C)C)CCNC1C2CC3CC(C2)CC1C3.Cl. The Labute approximate surface area is 191 Å². The number of hydrogen-bond acceptors (Lipinski definition) is 3. The van der Waals surface area contributed by atoms with Gasteiger partial charge in [-0.2, -0.15) is 4.31 Å². The molecule has 0 aliphatic heterocycles. The predicted octanol–water partition coefficient (Wildman–Crippen LogP) is 5.17. The lowest BCUT2D eigenvalue weighted by Gasteiger charge is -2.54. The number of allylic oxidation sites excluding steroid dienone is 3. The van der Waals surface area contributed by atoms with Crippen molar-refractivity contribution in [2.75, 3.05) is 25.4 Å². The molecule has 6 heteroatoms. The van der Waals surface area contributed by atoms with Crippen molar-refractivity contribution in [3.8, 4) is 0 Å². The summed E-state index contributed by atoms with van der Waals surface area (Å²) in [5.74, 6) is 3.80. The third kappa shape index (κ3) is 6.82. The largest absolute Gasteiger partial charge is 0.312 e. The topological polar surface area (TPSA) is 49.4 Å². The van der Waals surface area contributed by atoms with Crippen LogP contribution in [0.1, 0.15) is 72.6 Å². The summed E-state index contributed by atoms with van der Waals surface area (Å²) in [7, 11) is -3.18. The summed E-state index contributed by atoms with van der Waals surface area (Å²) >= 11 is 0. The number of rotatable bonds is 11. The first-order valence-corrected chi connectivity index (χ1v) is 13.4. The molecule has 0 saturated heterocycles. The van der Waals surface area contributed by atoms with Gasteiger partial charge in [-0.1, -0.05) is 23.3 Å². The van der Waals surface area contributed by atoms with Crippen LogP contribution in [0.15, 0.2) is 23.3 Å². The quantitative estimate of drug-likeness (QED) is 0.434. The lowest BCUT2D eigenvalue weighted by Crippen LogP contribution is -2.55. The molecule has 174 valence electrons. The zero-order chi connectivity index (χ0) is 21.0. The van der Waals surface area contributed by atoms with Gasteiger partial charge in [-0.3, -0.25) is 0 Å². The van der Waals surface area contributed by atoms with E-state index in [0.29, 0.717) is 19.1 Å². The first-order chi connectivity index (χ1) is 13.8. The van der Waals surface area contributed by atoms with Crippen LogP contribution in [0.4, 0.5) is 0 Å². The Morgan fingerprint density at radius 2 is 1.60 bits per heavy atom. The molecule has 0 amide bonds. The van der Waals surface area contributed by atoms with E-state index in [1.165, 1.54) is 43.3 Å². The van der Waals surface area contributed by atoms with Crippen LogP contribution >= 0.6 is 12.4 Å². The molecule has 0 aromatic heterocycles. The van der Waals surface area contributed by atoms with Crippen molar-refractivity contribution in [3.05, 3.63) is 23.3 Å². The minimum atomic E-state index is -3.18. The van der Waals surface area contributed by atoms with E-state index in [1.807, 2.05) is 0 Å². The summed E-state index contributed by atoms with van der Waals surface area (Å²) in [5, 5.41) is 3.79. The average Bonchev–Trinajstić information content (AvgIpc) is 2.65. The molecule has 0 unspecified atom stereocenters. The second-order valence-corrected chi connectivity index (χ2v) is 12.3. The molecule has 0 atom stereocenters. The molecule has 4 aliphatic rings. The maximum Gasteiger partial charge on any atom is 0.214 e. The van der Waals surface area contributed by atoms with Gasteiger partial charge < -0.3 is 5.32 Å². The van der Waals surface area contributed by atoms with Gasteiger partial charge in [0.1, 0.15) is 0 Å². The Hall–Kier alpha value is -0.360. The van der Waals surface area contributed by atoms with Crippen LogP contribution in [0.25, 0.3) is 0 Å². The monoisotopic (exact) mass is 458 g/mol. The highest BCUT2D eigenvalue weighted by molar-refractivity contribution is 7.89. The molecule has 0 radical (unpaired) electrons. The standard InChI is InChI=1S/C24H42N2O2S.ClH/c1-5-29(27,28)26(11-9-19(4)8-6-7-18(2)3)12-10-25-24-22-14-20-13-21(16-22)17-23(24)15-20;/h7,9,20-25H,5-6,8,10-17H2,1-4H3;1H/b19-9+;. The van der Waals surface area contributed by atoms with Crippen molar-refractivity contribution in [1.29, 1.82) is 0 Å². The zero-order valence-electron chi connectivity index (χ0n) is 19.4. The first-order valence-electron chi connectivity index (χ1n) is 11.8. The Morgan fingerprint density at radius 3 is 2.13 bits per heavy atom. The van der Waals surface area contributed by atoms with Crippen LogP contribution in [-0.4, -0.2) is 44.2 Å². The number of nitrogens with one attached hydrogen (secondary N) is 1. The number of sulfonamides is 1. The summed E-state index contributed by atoms with van der Waals surface area (Å²) < 4.78 is 26.9. The van der Waals surface area contributed by atoms with E-state index in [2.05, 4.69) is 38.2 Å². The Morgan fingerprint density at radius 1 is 1.00 bits per heavy atom. The van der Waals surface area contributed by atoms with E-state index in [-0.39, 0.29) is 18.2 Å². The van der Waals surface area contributed by atoms with Gasteiger partial charge in [0.05, 0.1) is 5.75 Å². The highest BCUT2D eigenvalue weighted by Crippen LogP contribution is 2.53. The van der Waals surface area contributed by atoms with Gasteiger partial charge in [0.25, 0.3) is 0 Å². The van der Waals surface area contributed by atoms with Gasteiger partial charge in [0.15, 0.2) is 0 Å². The Bertz CT molecular complexity index is 685. The number of halogens is 1. The van der Waals surface area contributed by atoms with Crippen molar-refractivity contribution < 1.29 is 8.42 Å². The molecule has 4 fully saturated rings. The van der Waals surface area contributed by atoms with Gasteiger partial charge in [-0.15, -0.1) is 12.4 Å². The summed E-state index contributed by atoms with van der Waals surface area (Å²) in [5.41, 5.74) is 2.61. The normalized spacial score (nSPS) is 30.4. The summed E-state index contributed by atoms with van der Waals surface area (Å²) in [6.45, 7) is 9.95. The van der Waals surface area contributed by atoms with E-state index in [9.17, 15) is 8.42 Å². The van der Waals surface area contributed by atoms with E-state index in [1.54, 1.807) is 11.2 Å². The molecule has 4 bridgehead atoms. The van der Waals surface area contributed by atoms with E-state index in [0.717, 1.165) is 43.1 Å². The average molecular weight is 459 g/mol. The molecule has 0 heterocycles. The summed E-state index contributed by atoms with van der Waals surface area (Å²) in [4.78, 5) is 0. The molecule has 4 nitrogen and oxygen atoms in total. The molecule has 4 saturated carbocycles. The fourth-order valence-corrected chi connectivity index (χ4v) is 7.13. The molecule has 4 aliphatic carbocycles. The molecule has 0 spiro atoms. The maximum absolute atomic E-state index is 12.6. The van der Waals surface area contributed by atoms with Crippen LogP contribution < -0.4 is 5.32 Å².